The quantitative estimate of drug-likeness (QED) is 0.186. The van der Waals surface area contributed by atoms with Crippen LogP contribution in [0.4, 0.5) is 0 Å². The Balaban J connectivity index is 1.16. The SMILES string of the molecule is Cn1c(=O)n(C)c2c(-c3ccc(-c4ccc(-c5nc(-c6ccccc6)nc(-c6ccccc6-c6ccccc6)n5)cc4)cc3)cccc21. The number of fused-ring (bicyclic) bond motifs is 1. The number of para-hydroxylation sites is 1. The van der Waals surface area contributed by atoms with Crippen molar-refractivity contribution < 1.29 is 0 Å². The molecule has 0 atom stereocenters. The molecule has 6 nitrogen and oxygen atoms in total. The minimum atomic E-state index is -0.0317. The van der Waals surface area contributed by atoms with E-state index < -0.39 is 0 Å². The standard InChI is InChI=1S/C42H31N5O/c1-46-37-19-11-18-35(38(37)47(2)42(46)48)31-24-20-28(21-25-31)29-22-26-33(27-23-29)40-43-39(32-14-7-4-8-15-32)44-41(45-40)36-17-10-9-16-34(36)30-12-5-3-6-13-30/h3-27H,1-2H3. The predicted molar refractivity (Wildman–Crippen MR) is 194 cm³/mol. The Morgan fingerprint density at radius 1 is 0.375 bits per heavy atom. The molecule has 6 aromatic carbocycles. The van der Waals surface area contributed by atoms with Gasteiger partial charge in [-0.1, -0.05) is 146 Å². The predicted octanol–water partition coefficient (Wildman–Crippen LogP) is 9.06. The lowest BCUT2D eigenvalue weighted by Gasteiger charge is -2.12. The summed E-state index contributed by atoms with van der Waals surface area (Å²) in [6, 6.07) is 51.5. The second-order valence-corrected chi connectivity index (χ2v) is 11.8. The minimum Gasteiger partial charge on any atom is -0.295 e. The maximum atomic E-state index is 12.6. The first-order valence-corrected chi connectivity index (χ1v) is 15.9. The van der Waals surface area contributed by atoms with E-state index >= 15 is 0 Å². The van der Waals surface area contributed by atoms with Crippen molar-refractivity contribution in [3.63, 3.8) is 0 Å². The fraction of sp³-hybridized carbons (Fsp3) is 0.0476. The molecule has 2 aromatic heterocycles. The first-order valence-electron chi connectivity index (χ1n) is 15.9. The second kappa shape index (κ2) is 12.1. The van der Waals surface area contributed by atoms with Crippen molar-refractivity contribution in [3.8, 4) is 67.5 Å². The average Bonchev–Trinajstić information content (AvgIpc) is 3.39. The van der Waals surface area contributed by atoms with Crippen molar-refractivity contribution in [3.05, 3.63) is 162 Å². The molecule has 6 heteroatoms. The van der Waals surface area contributed by atoms with Gasteiger partial charge < -0.3 is 0 Å². The third-order valence-corrected chi connectivity index (χ3v) is 8.88. The van der Waals surface area contributed by atoms with Gasteiger partial charge >= 0.3 is 5.69 Å². The number of hydrogen-bond acceptors (Lipinski definition) is 4. The number of benzene rings is 6. The molecule has 0 spiro atoms. The zero-order valence-corrected chi connectivity index (χ0v) is 26.6. The summed E-state index contributed by atoms with van der Waals surface area (Å²) in [6.07, 6.45) is 0. The number of hydrogen-bond donors (Lipinski definition) is 0. The number of rotatable bonds is 6. The van der Waals surface area contributed by atoms with Gasteiger partial charge in [-0.25, -0.2) is 19.7 Å². The van der Waals surface area contributed by atoms with Gasteiger partial charge in [0.15, 0.2) is 17.5 Å². The Bertz CT molecular complexity index is 2460. The van der Waals surface area contributed by atoms with Gasteiger partial charge in [-0.3, -0.25) is 9.13 Å². The topological polar surface area (TPSA) is 65.6 Å². The number of nitrogens with zero attached hydrogens (tertiary/aromatic N) is 5. The van der Waals surface area contributed by atoms with Gasteiger partial charge in [-0.15, -0.1) is 0 Å². The molecule has 0 amide bonds. The van der Waals surface area contributed by atoms with Crippen LogP contribution in [-0.2, 0) is 14.1 Å². The summed E-state index contributed by atoms with van der Waals surface area (Å²) in [4.78, 5) is 27.5. The summed E-state index contributed by atoms with van der Waals surface area (Å²) < 4.78 is 3.41. The highest BCUT2D eigenvalue weighted by Gasteiger charge is 2.16. The van der Waals surface area contributed by atoms with E-state index in [2.05, 4.69) is 78.9 Å². The van der Waals surface area contributed by atoms with E-state index in [-0.39, 0.29) is 5.69 Å². The summed E-state index contributed by atoms with van der Waals surface area (Å²) in [5, 5.41) is 0. The highest BCUT2D eigenvalue weighted by atomic mass is 16.1. The number of aromatic nitrogens is 5. The van der Waals surface area contributed by atoms with E-state index in [1.807, 2.05) is 86.9 Å². The molecule has 0 radical (unpaired) electrons. The zero-order valence-electron chi connectivity index (χ0n) is 26.6. The van der Waals surface area contributed by atoms with Crippen LogP contribution in [0, 0.1) is 0 Å². The van der Waals surface area contributed by atoms with Gasteiger partial charge in [-0.05, 0) is 33.9 Å². The fourth-order valence-electron chi connectivity index (χ4n) is 6.35. The largest absolute Gasteiger partial charge is 0.328 e. The molecule has 0 aliphatic rings. The van der Waals surface area contributed by atoms with Crippen LogP contribution >= 0.6 is 0 Å². The highest BCUT2D eigenvalue weighted by molar-refractivity contribution is 5.93. The molecule has 8 rings (SSSR count). The molecule has 2 heterocycles. The summed E-state index contributed by atoms with van der Waals surface area (Å²) in [7, 11) is 3.63. The van der Waals surface area contributed by atoms with E-state index in [4.69, 9.17) is 15.0 Å². The van der Waals surface area contributed by atoms with Gasteiger partial charge in [0, 0.05) is 36.3 Å². The van der Waals surface area contributed by atoms with Crippen molar-refractivity contribution >= 4 is 11.0 Å². The average molecular weight is 622 g/mol. The van der Waals surface area contributed by atoms with E-state index in [9.17, 15) is 4.79 Å². The molecule has 0 saturated carbocycles. The highest BCUT2D eigenvalue weighted by Crippen LogP contribution is 2.34. The first-order chi connectivity index (χ1) is 23.5. The third-order valence-electron chi connectivity index (χ3n) is 8.88. The van der Waals surface area contributed by atoms with E-state index in [1.165, 1.54) is 0 Å². The van der Waals surface area contributed by atoms with Crippen molar-refractivity contribution in [1.29, 1.82) is 0 Å². The molecule has 0 aliphatic heterocycles. The molecule has 0 N–H and O–H groups in total. The summed E-state index contributed by atoms with van der Waals surface area (Å²) in [5.74, 6) is 1.87. The second-order valence-electron chi connectivity index (χ2n) is 11.8. The Morgan fingerprint density at radius 2 is 0.812 bits per heavy atom. The molecule has 0 unspecified atom stereocenters. The summed E-state index contributed by atoms with van der Waals surface area (Å²) in [5.41, 5.74) is 11.1. The lowest BCUT2D eigenvalue weighted by Crippen LogP contribution is -2.19. The normalized spacial score (nSPS) is 11.2. The van der Waals surface area contributed by atoms with Gasteiger partial charge in [0.25, 0.3) is 0 Å². The van der Waals surface area contributed by atoms with Gasteiger partial charge in [-0.2, -0.15) is 0 Å². The summed E-state index contributed by atoms with van der Waals surface area (Å²) in [6.45, 7) is 0. The van der Waals surface area contributed by atoms with Crippen LogP contribution in [-0.4, -0.2) is 24.1 Å². The fourth-order valence-corrected chi connectivity index (χ4v) is 6.35. The zero-order chi connectivity index (χ0) is 32.6. The maximum Gasteiger partial charge on any atom is 0.328 e. The smallest absolute Gasteiger partial charge is 0.295 e. The Morgan fingerprint density at radius 3 is 1.44 bits per heavy atom. The molecule has 0 aliphatic carbocycles. The molecular weight excluding hydrogens is 590 g/mol. The lowest BCUT2D eigenvalue weighted by molar-refractivity contribution is 0.795. The Labute approximate surface area is 278 Å². The van der Waals surface area contributed by atoms with Crippen molar-refractivity contribution in [2.75, 3.05) is 0 Å². The first kappa shape index (κ1) is 29.0. The molecule has 0 bridgehead atoms. The van der Waals surface area contributed by atoms with Crippen LogP contribution in [0.25, 0.3) is 78.6 Å². The molecule has 48 heavy (non-hydrogen) atoms. The summed E-state index contributed by atoms with van der Waals surface area (Å²) >= 11 is 0. The monoisotopic (exact) mass is 621 g/mol. The van der Waals surface area contributed by atoms with Crippen LogP contribution in [0.5, 0.6) is 0 Å². The molecular formula is C42H31N5O. The maximum absolute atomic E-state index is 12.6. The number of aryl methyl sites for hydroxylation is 2. The molecule has 8 aromatic rings. The van der Waals surface area contributed by atoms with Crippen LogP contribution in [0.3, 0.4) is 0 Å². The molecule has 0 fully saturated rings. The third kappa shape index (κ3) is 5.19. The molecule has 230 valence electrons. The number of imidazole rings is 1. The van der Waals surface area contributed by atoms with Crippen molar-refractivity contribution in [1.82, 2.24) is 24.1 Å². The van der Waals surface area contributed by atoms with Gasteiger partial charge in [0.2, 0.25) is 0 Å². The van der Waals surface area contributed by atoms with E-state index in [1.54, 1.807) is 9.13 Å². The Hall–Kier alpha value is -6.40. The van der Waals surface area contributed by atoms with Crippen LogP contribution in [0.2, 0.25) is 0 Å². The van der Waals surface area contributed by atoms with E-state index in [0.717, 1.165) is 61.1 Å². The van der Waals surface area contributed by atoms with Gasteiger partial charge in [0.1, 0.15) is 0 Å². The minimum absolute atomic E-state index is 0.0317. The Kier molecular flexibility index (Phi) is 7.31. The van der Waals surface area contributed by atoms with Crippen molar-refractivity contribution in [2.24, 2.45) is 14.1 Å². The van der Waals surface area contributed by atoms with Crippen molar-refractivity contribution in [2.45, 2.75) is 0 Å². The van der Waals surface area contributed by atoms with Crippen LogP contribution in [0.15, 0.2) is 156 Å². The van der Waals surface area contributed by atoms with Crippen LogP contribution < -0.4 is 5.69 Å². The van der Waals surface area contributed by atoms with Gasteiger partial charge in [0.05, 0.1) is 11.0 Å². The van der Waals surface area contributed by atoms with Crippen LogP contribution in [0.1, 0.15) is 0 Å². The lowest BCUT2D eigenvalue weighted by atomic mass is 9.98. The molecule has 0 saturated heterocycles. The van der Waals surface area contributed by atoms with E-state index in [0.29, 0.717) is 17.5 Å².